The molecule has 43 heavy (non-hydrogen) atoms. The van der Waals surface area contributed by atoms with Crippen molar-refractivity contribution in [1.82, 2.24) is 9.80 Å². The van der Waals surface area contributed by atoms with Crippen molar-refractivity contribution in [2.75, 3.05) is 37.7 Å². The quantitative estimate of drug-likeness (QED) is 0.323. The van der Waals surface area contributed by atoms with E-state index in [0.717, 1.165) is 17.9 Å². The van der Waals surface area contributed by atoms with Crippen molar-refractivity contribution < 1.29 is 24.2 Å². The maximum atomic E-state index is 14.7. The van der Waals surface area contributed by atoms with E-state index in [1.165, 1.54) is 0 Å². The van der Waals surface area contributed by atoms with Gasteiger partial charge < -0.3 is 24.5 Å². The highest BCUT2D eigenvalue weighted by Gasteiger charge is 2.71. The van der Waals surface area contributed by atoms with Gasteiger partial charge in [0.1, 0.15) is 11.8 Å². The zero-order valence-electron chi connectivity index (χ0n) is 26.4. The molecular formula is C34H47N3O5S. The Morgan fingerprint density at radius 3 is 2.35 bits per heavy atom. The number of amides is 3. The molecule has 0 aliphatic carbocycles. The molecule has 9 heteroatoms. The lowest BCUT2D eigenvalue weighted by Gasteiger charge is -2.44. The lowest BCUT2D eigenvalue weighted by Crippen LogP contribution is -2.58. The van der Waals surface area contributed by atoms with Gasteiger partial charge in [-0.25, -0.2) is 0 Å². The number of carbonyl (C=O) groups is 3. The number of aliphatic hydroxyl groups is 1. The Morgan fingerprint density at radius 1 is 0.977 bits per heavy atom. The Hall–Kier alpha value is -2.78. The number of thioether (sulfide) groups is 1. The third kappa shape index (κ3) is 5.75. The van der Waals surface area contributed by atoms with Gasteiger partial charge >= 0.3 is 0 Å². The number of anilines is 1. The molecule has 1 unspecified atom stereocenters. The summed E-state index contributed by atoms with van der Waals surface area (Å²) in [4.78, 5) is 49.1. The fourth-order valence-corrected chi connectivity index (χ4v) is 9.84. The topological polar surface area (TPSA) is 90.4 Å². The number of aliphatic hydroxyl groups excluding tert-OH is 1. The summed E-state index contributed by atoms with van der Waals surface area (Å²) in [6.07, 6.45) is 10.2. The highest BCUT2D eigenvalue weighted by atomic mass is 32.2. The lowest BCUT2D eigenvalue weighted by molar-refractivity contribution is -0.146. The van der Waals surface area contributed by atoms with E-state index >= 15 is 0 Å². The highest BCUT2D eigenvalue weighted by molar-refractivity contribution is 8.02. The molecule has 234 valence electrons. The second-order valence-corrected chi connectivity index (χ2v) is 15.5. The standard InChI is InChI=1S/C34H47N3O5S/c1-7-42-24-15-13-23(14-16-24)35-19-10-12-25-26(29(35)39)27-30(40)36(18-8-9-21-38)28-31(41)37(20-11-17-34(27,28)43-25)33(5,6)22-32(2,3)4/h10-17,25-28,38H,7-9,18-22H2,1-6H3/t25-,26+,27+,28?,34+/m1/s1. The van der Waals surface area contributed by atoms with Crippen molar-refractivity contribution in [3.05, 3.63) is 48.6 Å². The predicted molar refractivity (Wildman–Crippen MR) is 171 cm³/mol. The van der Waals surface area contributed by atoms with Crippen molar-refractivity contribution in [2.24, 2.45) is 17.3 Å². The third-order valence-corrected chi connectivity index (χ3v) is 10.9. The molecule has 2 fully saturated rings. The fraction of sp³-hybridized carbons (Fsp3) is 0.618. The molecule has 0 saturated carbocycles. The molecule has 0 radical (unpaired) electrons. The lowest BCUT2D eigenvalue weighted by atomic mass is 9.77. The van der Waals surface area contributed by atoms with Crippen molar-refractivity contribution in [3.8, 4) is 5.75 Å². The third-order valence-electron chi connectivity index (χ3n) is 9.12. The molecule has 1 aromatic rings. The molecule has 1 spiro atoms. The first-order chi connectivity index (χ1) is 20.3. The van der Waals surface area contributed by atoms with Crippen LogP contribution in [0.5, 0.6) is 5.75 Å². The Kier molecular flexibility index (Phi) is 8.80. The molecule has 2 saturated heterocycles. The van der Waals surface area contributed by atoms with Crippen molar-refractivity contribution in [2.45, 2.75) is 82.4 Å². The molecule has 4 aliphatic heterocycles. The summed E-state index contributed by atoms with van der Waals surface area (Å²) < 4.78 is 4.75. The zero-order chi connectivity index (χ0) is 31.2. The fourth-order valence-electron chi connectivity index (χ4n) is 7.83. The zero-order valence-corrected chi connectivity index (χ0v) is 27.2. The Bertz CT molecular complexity index is 1290. The van der Waals surface area contributed by atoms with Crippen LogP contribution in [-0.4, -0.2) is 87.1 Å². The molecule has 5 atom stereocenters. The number of ether oxygens (including phenoxy) is 1. The largest absolute Gasteiger partial charge is 0.494 e. The van der Waals surface area contributed by atoms with Crippen LogP contribution in [0.15, 0.2) is 48.6 Å². The van der Waals surface area contributed by atoms with Crippen LogP contribution >= 0.6 is 11.8 Å². The Labute approximate surface area is 260 Å². The van der Waals surface area contributed by atoms with Gasteiger partial charge in [0.2, 0.25) is 17.7 Å². The van der Waals surface area contributed by atoms with Gasteiger partial charge in [-0.1, -0.05) is 45.1 Å². The van der Waals surface area contributed by atoms with Gasteiger partial charge in [0, 0.05) is 42.7 Å². The van der Waals surface area contributed by atoms with Crippen LogP contribution in [0.4, 0.5) is 5.69 Å². The van der Waals surface area contributed by atoms with Crippen LogP contribution in [0.2, 0.25) is 0 Å². The highest BCUT2D eigenvalue weighted by Crippen LogP contribution is 2.61. The number of likely N-dealkylation sites (tertiary alicyclic amines) is 1. The summed E-state index contributed by atoms with van der Waals surface area (Å²) in [6, 6.07) is 6.80. The summed E-state index contributed by atoms with van der Waals surface area (Å²) in [5.41, 5.74) is 0.328. The number of benzene rings is 1. The van der Waals surface area contributed by atoms with Crippen LogP contribution in [0.3, 0.4) is 0 Å². The Morgan fingerprint density at radius 2 is 1.70 bits per heavy atom. The molecule has 8 nitrogen and oxygen atoms in total. The minimum Gasteiger partial charge on any atom is -0.494 e. The van der Waals surface area contributed by atoms with Gasteiger partial charge in [0.15, 0.2) is 0 Å². The van der Waals surface area contributed by atoms with E-state index in [0.29, 0.717) is 39.1 Å². The summed E-state index contributed by atoms with van der Waals surface area (Å²) in [5, 5.41) is 9.28. The number of fused-ring (bicyclic) bond motifs is 2. The van der Waals surface area contributed by atoms with Gasteiger partial charge in [-0.2, -0.15) is 0 Å². The number of rotatable bonds is 9. The molecule has 5 rings (SSSR count). The number of carbonyl (C=O) groups excluding carboxylic acids is 3. The van der Waals surface area contributed by atoms with Gasteiger partial charge in [0.25, 0.3) is 0 Å². The van der Waals surface area contributed by atoms with Gasteiger partial charge in [-0.3, -0.25) is 14.4 Å². The predicted octanol–water partition coefficient (Wildman–Crippen LogP) is 4.67. The molecule has 4 heterocycles. The van der Waals surface area contributed by atoms with E-state index in [2.05, 4.69) is 52.8 Å². The van der Waals surface area contributed by atoms with E-state index in [4.69, 9.17) is 4.74 Å². The molecule has 3 amide bonds. The maximum Gasteiger partial charge on any atom is 0.247 e. The van der Waals surface area contributed by atoms with Crippen LogP contribution < -0.4 is 9.64 Å². The average molecular weight is 610 g/mol. The van der Waals surface area contributed by atoms with Gasteiger partial charge in [-0.05, 0) is 69.7 Å². The van der Waals surface area contributed by atoms with E-state index < -0.39 is 28.2 Å². The van der Waals surface area contributed by atoms with Gasteiger partial charge in [0.05, 0.1) is 23.2 Å². The molecule has 4 aliphatic rings. The van der Waals surface area contributed by atoms with Gasteiger partial charge in [-0.15, -0.1) is 11.8 Å². The van der Waals surface area contributed by atoms with E-state index in [9.17, 15) is 19.5 Å². The molecular weight excluding hydrogens is 562 g/mol. The monoisotopic (exact) mass is 609 g/mol. The minimum atomic E-state index is -0.850. The summed E-state index contributed by atoms with van der Waals surface area (Å²) in [5.74, 6) is -0.791. The van der Waals surface area contributed by atoms with Crippen LogP contribution in [-0.2, 0) is 14.4 Å². The Balaban J connectivity index is 1.54. The smallest absolute Gasteiger partial charge is 0.247 e. The summed E-state index contributed by atoms with van der Waals surface area (Å²) >= 11 is 1.61. The second kappa shape index (κ2) is 12.0. The van der Waals surface area contributed by atoms with E-state index in [1.54, 1.807) is 21.6 Å². The van der Waals surface area contributed by atoms with Crippen molar-refractivity contribution >= 4 is 35.2 Å². The first kappa shape index (κ1) is 31.6. The SMILES string of the molecule is CCOc1ccc(N2CC=C[C@H]3S[C@]45C=CCN(C(C)(C)CC(C)(C)C)C(=O)C4N(CCCCO)C(=O)[C@@H]5[C@H]3C2=O)cc1. The van der Waals surface area contributed by atoms with E-state index in [1.807, 2.05) is 42.2 Å². The molecule has 0 aromatic heterocycles. The minimum absolute atomic E-state index is 0.00315. The van der Waals surface area contributed by atoms with Crippen LogP contribution in [0.1, 0.15) is 60.8 Å². The van der Waals surface area contributed by atoms with Crippen molar-refractivity contribution in [3.63, 3.8) is 0 Å². The van der Waals surface area contributed by atoms with E-state index in [-0.39, 0.29) is 35.0 Å². The number of nitrogens with zero attached hydrogens (tertiary/aromatic N) is 3. The van der Waals surface area contributed by atoms with Crippen LogP contribution in [0, 0.1) is 17.3 Å². The summed E-state index contributed by atoms with van der Waals surface area (Å²) in [7, 11) is 0. The molecule has 1 aromatic carbocycles. The summed E-state index contributed by atoms with van der Waals surface area (Å²) in [6.45, 7) is 14.5. The van der Waals surface area contributed by atoms with Crippen LogP contribution in [0.25, 0.3) is 0 Å². The normalized spacial score (nSPS) is 29.0. The number of hydrogen-bond donors (Lipinski definition) is 1. The average Bonchev–Trinajstić information content (AvgIpc) is 3.23. The first-order valence-corrected chi connectivity index (χ1v) is 16.5. The number of unbranched alkanes of at least 4 members (excludes halogenated alkanes) is 1. The first-order valence-electron chi connectivity index (χ1n) is 15.6. The number of hydrogen-bond acceptors (Lipinski definition) is 6. The molecule has 1 N–H and O–H groups in total. The van der Waals surface area contributed by atoms with Crippen molar-refractivity contribution in [1.29, 1.82) is 0 Å². The second-order valence-electron chi connectivity index (χ2n) is 14.0. The maximum absolute atomic E-state index is 14.7. The molecule has 0 bridgehead atoms.